The molecule has 0 N–H and O–H groups in total. The molecule has 0 bridgehead atoms. The van der Waals surface area contributed by atoms with E-state index in [1.807, 2.05) is 0 Å². The van der Waals surface area contributed by atoms with E-state index in [-0.39, 0.29) is 12.2 Å². The van der Waals surface area contributed by atoms with E-state index >= 15 is 0 Å². The molecular formula is C15H18O4. The van der Waals surface area contributed by atoms with Gasteiger partial charge in [0.25, 0.3) is 0 Å². The Hall–Kier alpha value is -2.10. The monoisotopic (exact) mass is 262 g/mol. The highest BCUT2D eigenvalue weighted by Crippen LogP contribution is 2.14. The number of carbonyl (C=O) groups excluding carboxylic acids is 2. The quantitative estimate of drug-likeness (QED) is 0.465. The Bertz CT molecular complexity index is 466. The van der Waals surface area contributed by atoms with E-state index in [9.17, 15) is 9.59 Å². The highest BCUT2D eigenvalue weighted by molar-refractivity contribution is 5.88. The molecule has 19 heavy (non-hydrogen) atoms. The van der Waals surface area contributed by atoms with Gasteiger partial charge in [-0.2, -0.15) is 0 Å². The largest absolute Gasteiger partial charge is 0.489 e. The Balaban J connectivity index is 2.49. The second-order valence-corrected chi connectivity index (χ2v) is 5.08. The van der Waals surface area contributed by atoms with Crippen molar-refractivity contribution >= 4 is 12.3 Å². The maximum Gasteiger partial charge on any atom is 0.337 e. The molecule has 4 heteroatoms. The maximum atomic E-state index is 11.6. The first-order chi connectivity index (χ1) is 8.81. The van der Waals surface area contributed by atoms with Gasteiger partial charge in [-0.1, -0.05) is 6.58 Å². The summed E-state index contributed by atoms with van der Waals surface area (Å²) in [6.07, 6.45) is 0.753. The zero-order valence-electron chi connectivity index (χ0n) is 11.4. The van der Waals surface area contributed by atoms with Crippen molar-refractivity contribution in [1.82, 2.24) is 0 Å². The molecule has 0 aliphatic heterocycles. The SMILES string of the molecule is C=C(COc1ccc(C=O)cc1)C(=O)OC(C)(C)C. The second kappa shape index (κ2) is 6.18. The van der Waals surface area contributed by atoms with E-state index in [2.05, 4.69) is 6.58 Å². The smallest absolute Gasteiger partial charge is 0.337 e. The Labute approximate surface area is 113 Å². The molecule has 0 aliphatic carbocycles. The average molecular weight is 262 g/mol. The Morgan fingerprint density at radius 2 is 1.84 bits per heavy atom. The third-order valence-electron chi connectivity index (χ3n) is 2.12. The summed E-state index contributed by atoms with van der Waals surface area (Å²) in [5.41, 5.74) is 0.263. The Kier molecular flexibility index (Phi) is 4.87. The molecule has 0 saturated carbocycles. The van der Waals surface area contributed by atoms with Crippen LogP contribution in [0.3, 0.4) is 0 Å². The minimum atomic E-state index is -0.550. The zero-order chi connectivity index (χ0) is 14.5. The van der Waals surface area contributed by atoms with Crippen molar-refractivity contribution in [3.63, 3.8) is 0 Å². The molecule has 1 aromatic rings. The molecule has 0 aliphatic rings. The summed E-state index contributed by atoms with van der Waals surface area (Å²) in [5.74, 6) is 0.0901. The van der Waals surface area contributed by atoms with Gasteiger partial charge in [-0.05, 0) is 45.0 Å². The lowest BCUT2D eigenvalue weighted by Crippen LogP contribution is -2.26. The van der Waals surface area contributed by atoms with Gasteiger partial charge in [0, 0.05) is 5.56 Å². The molecule has 1 aromatic carbocycles. The number of benzene rings is 1. The van der Waals surface area contributed by atoms with E-state index in [1.165, 1.54) is 0 Å². The summed E-state index contributed by atoms with van der Waals surface area (Å²) < 4.78 is 10.5. The molecule has 0 unspecified atom stereocenters. The fourth-order valence-electron chi connectivity index (χ4n) is 1.22. The predicted molar refractivity (Wildman–Crippen MR) is 72.3 cm³/mol. The van der Waals surface area contributed by atoms with Gasteiger partial charge in [0.2, 0.25) is 0 Å². The number of esters is 1. The first-order valence-corrected chi connectivity index (χ1v) is 5.91. The van der Waals surface area contributed by atoms with Crippen LogP contribution in [0.4, 0.5) is 0 Å². The van der Waals surface area contributed by atoms with Gasteiger partial charge >= 0.3 is 5.97 Å². The van der Waals surface area contributed by atoms with Crippen LogP contribution >= 0.6 is 0 Å². The Morgan fingerprint density at radius 3 is 2.32 bits per heavy atom. The van der Waals surface area contributed by atoms with Gasteiger partial charge in [0.1, 0.15) is 24.2 Å². The number of carbonyl (C=O) groups is 2. The first kappa shape index (κ1) is 15.0. The lowest BCUT2D eigenvalue weighted by atomic mass is 10.2. The molecule has 0 radical (unpaired) electrons. The van der Waals surface area contributed by atoms with Crippen molar-refractivity contribution in [1.29, 1.82) is 0 Å². The molecule has 102 valence electrons. The lowest BCUT2D eigenvalue weighted by molar-refractivity contribution is -0.150. The van der Waals surface area contributed by atoms with Crippen LogP contribution in [-0.4, -0.2) is 24.5 Å². The van der Waals surface area contributed by atoms with Crippen molar-refractivity contribution < 1.29 is 19.1 Å². The van der Waals surface area contributed by atoms with E-state index in [1.54, 1.807) is 45.0 Å². The lowest BCUT2D eigenvalue weighted by Gasteiger charge is -2.20. The van der Waals surface area contributed by atoms with E-state index < -0.39 is 11.6 Å². The summed E-state index contributed by atoms with van der Waals surface area (Å²) in [4.78, 5) is 22.1. The van der Waals surface area contributed by atoms with Crippen LogP contribution in [0, 0.1) is 0 Å². The summed E-state index contributed by atoms with van der Waals surface area (Å²) in [6, 6.07) is 6.59. The number of aldehydes is 1. The van der Waals surface area contributed by atoms with Crippen molar-refractivity contribution in [3.8, 4) is 5.75 Å². The van der Waals surface area contributed by atoms with Crippen LogP contribution in [0.1, 0.15) is 31.1 Å². The van der Waals surface area contributed by atoms with Crippen LogP contribution in [0.25, 0.3) is 0 Å². The minimum Gasteiger partial charge on any atom is -0.489 e. The molecule has 0 fully saturated rings. The van der Waals surface area contributed by atoms with Crippen molar-refractivity contribution in [3.05, 3.63) is 42.0 Å². The molecule has 1 rings (SSSR count). The highest BCUT2D eigenvalue weighted by atomic mass is 16.6. The van der Waals surface area contributed by atoms with E-state index in [4.69, 9.17) is 9.47 Å². The Morgan fingerprint density at radius 1 is 1.26 bits per heavy atom. The fraction of sp³-hybridized carbons (Fsp3) is 0.333. The molecule has 4 nitrogen and oxygen atoms in total. The highest BCUT2D eigenvalue weighted by Gasteiger charge is 2.18. The third kappa shape index (κ3) is 5.38. The van der Waals surface area contributed by atoms with Crippen LogP contribution in [0.5, 0.6) is 5.75 Å². The van der Waals surface area contributed by atoms with E-state index in [0.29, 0.717) is 11.3 Å². The van der Waals surface area contributed by atoms with Gasteiger partial charge in [0.05, 0.1) is 5.57 Å². The van der Waals surface area contributed by atoms with Crippen molar-refractivity contribution in [2.24, 2.45) is 0 Å². The van der Waals surface area contributed by atoms with Gasteiger partial charge in [-0.3, -0.25) is 4.79 Å². The second-order valence-electron chi connectivity index (χ2n) is 5.08. The number of hydrogen-bond acceptors (Lipinski definition) is 4. The summed E-state index contributed by atoms with van der Waals surface area (Å²) in [6.45, 7) is 9.05. The summed E-state index contributed by atoms with van der Waals surface area (Å²) in [7, 11) is 0. The molecular weight excluding hydrogens is 244 g/mol. The normalized spacial score (nSPS) is 10.7. The summed E-state index contributed by atoms with van der Waals surface area (Å²) >= 11 is 0. The summed E-state index contributed by atoms with van der Waals surface area (Å²) in [5, 5.41) is 0. The molecule has 0 spiro atoms. The van der Waals surface area contributed by atoms with Crippen molar-refractivity contribution in [2.75, 3.05) is 6.61 Å². The molecule has 0 saturated heterocycles. The molecule has 0 amide bonds. The van der Waals surface area contributed by atoms with Crippen LogP contribution in [0.15, 0.2) is 36.4 Å². The van der Waals surface area contributed by atoms with Gasteiger partial charge in [-0.15, -0.1) is 0 Å². The number of ether oxygens (including phenoxy) is 2. The van der Waals surface area contributed by atoms with Crippen LogP contribution in [-0.2, 0) is 9.53 Å². The maximum absolute atomic E-state index is 11.6. The van der Waals surface area contributed by atoms with Gasteiger partial charge < -0.3 is 9.47 Å². The van der Waals surface area contributed by atoms with E-state index in [0.717, 1.165) is 6.29 Å². The minimum absolute atomic E-state index is 0.0509. The topological polar surface area (TPSA) is 52.6 Å². The zero-order valence-corrected chi connectivity index (χ0v) is 11.4. The van der Waals surface area contributed by atoms with Crippen LogP contribution in [0.2, 0.25) is 0 Å². The predicted octanol–water partition coefficient (Wildman–Crippen LogP) is 2.78. The third-order valence-corrected chi connectivity index (χ3v) is 2.12. The van der Waals surface area contributed by atoms with Gasteiger partial charge in [0.15, 0.2) is 0 Å². The number of rotatable bonds is 5. The standard InChI is InChI=1S/C15H18O4/c1-11(14(17)19-15(2,3)4)10-18-13-7-5-12(9-16)6-8-13/h5-9H,1,10H2,2-4H3. The van der Waals surface area contributed by atoms with Gasteiger partial charge in [-0.25, -0.2) is 4.79 Å². The molecule has 0 aromatic heterocycles. The molecule has 0 heterocycles. The van der Waals surface area contributed by atoms with Crippen molar-refractivity contribution in [2.45, 2.75) is 26.4 Å². The average Bonchev–Trinajstić information content (AvgIpc) is 2.34. The first-order valence-electron chi connectivity index (χ1n) is 5.91. The van der Waals surface area contributed by atoms with Crippen LogP contribution < -0.4 is 4.74 Å². The number of hydrogen-bond donors (Lipinski definition) is 0. The fourth-order valence-corrected chi connectivity index (χ4v) is 1.22. The molecule has 0 atom stereocenters.